The average molecular weight is 400 g/mol. The van der Waals surface area contributed by atoms with Crippen molar-refractivity contribution in [1.29, 1.82) is 0 Å². The van der Waals surface area contributed by atoms with Crippen molar-refractivity contribution in [1.82, 2.24) is 15.5 Å². The SMILES string of the molecule is O=C(NCCCN1C(=O)c2ccc([N+](=O)[O-])cc2C1=O)NCc1cccc(F)c1. The third-order valence-electron chi connectivity index (χ3n) is 4.35. The number of halogens is 1. The molecule has 0 unspecified atom stereocenters. The second kappa shape index (κ2) is 8.46. The van der Waals surface area contributed by atoms with Gasteiger partial charge >= 0.3 is 6.03 Å². The smallest absolute Gasteiger partial charge is 0.315 e. The molecule has 0 atom stereocenters. The average Bonchev–Trinajstić information content (AvgIpc) is 2.93. The van der Waals surface area contributed by atoms with Crippen LogP contribution in [0.25, 0.3) is 0 Å². The number of amides is 4. The van der Waals surface area contributed by atoms with Gasteiger partial charge in [0.1, 0.15) is 5.82 Å². The van der Waals surface area contributed by atoms with E-state index in [9.17, 15) is 28.9 Å². The van der Waals surface area contributed by atoms with Crippen molar-refractivity contribution in [3.63, 3.8) is 0 Å². The number of hydrogen-bond donors (Lipinski definition) is 2. The highest BCUT2D eigenvalue weighted by Gasteiger charge is 2.36. The van der Waals surface area contributed by atoms with E-state index in [-0.39, 0.29) is 36.4 Å². The molecular formula is C19H17FN4O5. The van der Waals surface area contributed by atoms with Crippen LogP contribution < -0.4 is 10.6 Å². The lowest BCUT2D eigenvalue weighted by molar-refractivity contribution is -0.384. The molecule has 0 saturated carbocycles. The van der Waals surface area contributed by atoms with Crippen molar-refractivity contribution in [3.05, 3.63) is 75.1 Å². The Hall–Kier alpha value is -3.82. The highest BCUT2D eigenvalue weighted by atomic mass is 19.1. The Morgan fingerprint density at radius 1 is 1.07 bits per heavy atom. The molecule has 2 N–H and O–H groups in total. The standard InChI is InChI=1S/C19H17FN4O5/c20-13-4-1-3-12(9-13)11-22-19(27)21-7-2-8-23-17(25)15-6-5-14(24(28)29)10-16(15)18(23)26/h1,3-6,9-10H,2,7-8,11H2,(H2,21,22,27). The van der Waals surface area contributed by atoms with Crippen LogP contribution in [0, 0.1) is 15.9 Å². The van der Waals surface area contributed by atoms with Gasteiger partial charge in [0, 0.05) is 31.8 Å². The minimum absolute atomic E-state index is 0.00463. The van der Waals surface area contributed by atoms with Crippen molar-refractivity contribution in [2.75, 3.05) is 13.1 Å². The lowest BCUT2D eigenvalue weighted by Crippen LogP contribution is -2.37. The zero-order chi connectivity index (χ0) is 21.0. The van der Waals surface area contributed by atoms with Gasteiger partial charge in [-0.1, -0.05) is 12.1 Å². The molecule has 1 aliphatic rings. The van der Waals surface area contributed by atoms with Crippen LogP contribution >= 0.6 is 0 Å². The number of carbonyl (C=O) groups is 3. The molecule has 3 rings (SSSR count). The summed E-state index contributed by atoms with van der Waals surface area (Å²) in [7, 11) is 0. The number of carbonyl (C=O) groups excluding carboxylic acids is 3. The molecule has 0 aliphatic carbocycles. The minimum Gasteiger partial charge on any atom is -0.338 e. The molecular weight excluding hydrogens is 383 g/mol. The number of rotatable bonds is 7. The third-order valence-corrected chi connectivity index (χ3v) is 4.35. The van der Waals surface area contributed by atoms with E-state index in [4.69, 9.17) is 0 Å². The summed E-state index contributed by atoms with van der Waals surface area (Å²) in [6, 6.07) is 8.91. The molecule has 9 nitrogen and oxygen atoms in total. The fourth-order valence-corrected chi connectivity index (χ4v) is 2.93. The molecule has 0 fully saturated rings. The first-order valence-corrected chi connectivity index (χ1v) is 8.77. The van der Waals surface area contributed by atoms with Crippen LogP contribution in [-0.2, 0) is 6.54 Å². The first-order valence-electron chi connectivity index (χ1n) is 8.77. The number of benzene rings is 2. The lowest BCUT2D eigenvalue weighted by atomic mass is 10.1. The van der Waals surface area contributed by atoms with Crippen molar-refractivity contribution >= 4 is 23.5 Å². The molecule has 0 bridgehead atoms. The Bertz CT molecular complexity index is 994. The Kier molecular flexibility index (Phi) is 5.82. The van der Waals surface area contributed by atoms with Gasteiger partial charge in [0.05, 0.1) is 16.1 Å². The lowest BCUT2D eigenvalue weighted by Gasteiger charge is -2.14. The second-order valence-corrected chi connectivity index (χ2v) is 6.34. The molecule has 4 amide bonds. The molecule has 29 heavy (non-hydrogen) atoms. The number of nitrogens with zero attached hydrogens (tertiary/aromatic N) is 2. The van der Waals surface area contributed by atoms with Crippen molar-refractivity contribution in [3.8, 4) is 0 Å². The minimum atomic E-state index is -0.632. The summed E-state index contributed by atoms with van der Waals surface area (Å²) in [4.78, 5) is 47.6. The van der Waals surface area contributed by atoms with Crippen molar-refractivity contribution < 1.29 is 23.7 Å². The van der Waals surface area contributed by atoms with Crippen LogP contribution in [-0.4, -0.2) is 40.8 Å². The summed E-state index contributed by atoms with van der Waals surface area (Å²) in [5, 5.41) is 16.0. The van der Waals surface area contributed by atoms with Crippen LogP contribution in [0.1, 0.15) is 32.7 Å². The molecule has 1 aliphatic heterocycles. The second-order valence-electron chi connectivity index (χ2n) is 6.34. The maximum atomic E-state index is 13.1. The number of nitro benzene ring substituents is 1. The van der Waals surface area contributed by atoms with Gasteiger partial charge in [-0.3, -0.25) is 24.6 Å². The van der Waals surface area contributed by atoms with Crippen molar-refractivity contribution in [2.45, 2.75) is 13.0 Å². The van der Waals surface area contributed by atoms with E-state index in [0.29, 0.717) is 12.0 Å². The van der Waals surface area contributed by atoms with E-state index in [1.54, 1.807) is 12.1 Å². The molecule has 0 radical (unpaired) electrons. The van der Waals surface area contributed by atoms with E-state index in [1.807, 2.05) is 0 Å². The summed E-state index contributed by atoms with van der Waals surface area (Å²) in [6.07, 6.45) is 0.306. The predicted molar refractivity (Wildman–Crippen MR) is 99.7 cm³/mol. The molecule has 150 valence electrons. The largest absolute Gasteiger partial charge is 0.338 e. The first kappa shape index (κ1) is 19.9. The Labute approximate surface area is 164 Å². The summed E-state index contributed by atoms with van der Waals surface area (Å²) < 4.78 is 13.1. The summed E-state index contributed by atoms with van der Waals surface area (Å²) in [6.45, 7) is 0.410. The monoisotopic (exact) mass is 400 g/mol. The highest BCUT2D eigenvalue weighted by molar-refractivity contribution is 6.21. The van der Waals surface area contributed by atoms with Gasteiger partial charge in [0.2, 0.25) is 0 Å². The van der Waals surface area contributed by atoms with Gasteiger partial charge in [-0.2, -0.15) is 0 Å². The van der Waals surface area contributed by atoms with Crippen LogP contribution in [0.15, 0.2) is 42.5 Å². The van der Waals surface area contributed by atoms with Gasteiger partial charge in [0.15, 0.2) is 0 Å². The number of nitro groups is 1. The van der Waals surface area contributed by atoms with Gasteiger partial charge < -0.3 is 10.6 Å². The van der Waals surface area contributed by atoms with Crippen LogP contribution in [0.2, 0.25) is 0 Å². The number of non-ortho nitro benzene ring substituents is 1. The van der Waals surface area contributed by atoms with Crippen LogP contribution in [0.4, 0.5) is 14.9 Å². The number of hydrogen-bond acceptors (Lipinski definition) is 5. The summed E-state index contributed by atoms with van der Waals surface area (Å²) in [5.74, 6) is -1.50. The van der Waals surface area contributed by atoms with E-state index in [0.717, 1.165) is 11.0 Å². The molecule has 1 heterocycles. The maximum Gasteiger partial charge on any atom is 0.315 e. The topological polar surface area (TPSA) is 122 Å². The molecule has 2 aromatic carbocycles. The molecule has 2 aromatic rings. The Morgan fingerprint density at radius 3 is 2.55 bits per heavy atom. The Balaban J connectivity index is 1.46. The van der Waals surface area contributed by atoms with E-state index < -0.39 is 28.6 Å². The van der Waals surface area contributed by atoms with Crippen LogP contribution in [0.3, 0.4) is 0 Å². The number of fused-ring (bicyclic) bond motifs is 1. The van der Waals surface area contributed by atoms with Gasteiger partial charge in [-0.25, -0.2) is 9.18 Å². The predicted octanol–water partition coefficient (Wildman–Crippen LogP) is 2.22. The van der Waals surface area contributed by atoms with Gasteiger partial charge in [-0.05, 0) is 30.2 Å². The molecule has 0 aromatic heterocycles. The summed E-state index contributed by atoms with van der Waals surface area (Å²) in [5.41, 5.74) is 0.482. The van der Waals surface area contributed by atoms with Gasteiger partial charge in [0.25, 0.3) is 17.5 Å². The zero-order valence-corrected chi connectivity index (χ0v) is 15.2. The summed E-state index contributed by atoms with van der Waals surface area (Å²) >= 11 is 0. The van der Waals surface area contributed by atoms with E-state index in [2.05, 4.69) is 10.6 Å². The molecule has 0 saturated heterocycles. The fourth-order valence-electron chi connectivity index (χ4n) is 2.93. The van der Waals surface area contributed by atoms with Crippen LogP contribution in [0.5, 0.6) is 0 Å². The van der Waals surface area contributed by atoms with Crippen molar-refractivity contribution in [2.24, 2.45) is 0 Å². The molecule has 10 heteroatoms. The quantitative estimate of drug-likeness (QED) is 0.319. The number of imide groups is 1. The first-order chi connectivity index (χ1) is 13.9. The van der Waals surface area contributed by atoms with E-state index in [1.165, 1.54) is 24.3 Å². The van der Waals surface area contributed by atoms with Gasteiger partial charge in [-0.15, -0.1) is 0 Å². The Morgan fingerprint density at radius 2 is 1.83 bits per heavy atom. The van der Waals surface area contributed by atoms with E-state index >= 15 is 0 Å². The third kappa shape index (κ3) is 4.54. The fraction of sp³-hybridized carbons (Fsp3) is 0.211. The molecule has 0 spiro atoms. The number of urea groups is 1. The maximum absolute atomic E-state index is 13.1. The highest BCUT2D eigenvalue weighted by Crippen LogP contribution is 2.26. The zero-order valence-electron chi connectivity index (χ0n) is 15.2. The normalized spacial score (nSPS) is 12.7. The number of nitrogens with one attached hydrogen (secondary N) is 2.